The molecule has 1 unspecified atom stereocenters. The zero-order valence-electron chi connectivity index (χ0n) is 10.8. The van der Waals surface area contributed by atoms with E-state index in [1.54, 1.807) is 0 Å². The molecular weight excluding hydrogens is 230 g/mol. The molecule has 1 atom stereocenters. The molecule has 0 saturated carbocycles. The fourth-order valence-electron chi connectivity index (χ4n) is 1.65. The summed E-state index contributed by atoms with van der Waals surface area (Å²) in [5.74, 6) is -1.21. The Hall–Kier alpha value is -1.84. The zero-order chi connectivity index (χ0) is 13.5. The number of aliphatic carboxylic acids is 1. The molecule has 0 aliphatic carbocycles. The third kappa shape index (κ3) is 4.57. The predicted molar refractivity (Wildman–Crippen MR) is 69.4 cm³/mol. The molecule has 0 radical (unpaired) electrons. The number of benzene rings is 1. The molecule has 18 heavy (non-hydrogen) atoms. The monoisotopic (exact) mass is 249 g/mol. The first-order chi connectivity index (χ1) is 8.52. The summed E-state index contributed by atoms with van der Waals surface area (Å²) in [4.78, 5) is 22.5. The molecule has 1 rings (SSSR count). The Kier molecular flexibility index (Phi) is 5.36. The lowest BCUT2D eigenvalue weighted by atomic mass is 10.0. The maximum atomic E-state index is 11.4. The van der Waals surface area contributed by atoms with Gasteiger partial charge in [-0.1, -0.05) is 36.8 Å². The average molecular weight is 249 g/mol. The van der Waals surface area contributed by atoms with Gasteiger partial charge in [0.25, 0.3) is 0 Å². The van der Waals surface area contributed by atoms with Crippen LogP contribution in [0.3, 0.4) is 0 Å². The van der Waals surface area contributed by atoms with E-state index < -0.39 is 12.0 Å². The van der Waals surface area contributed by atoms with E-state index in [2.05, 4.69) is 5.32 Å². The number of hydrogen-bond acceptors (Lipinski definition) is 2. The Morgan fingerprint density at radius 1 is 1.28 bits per heavy atom. The molecule has 0 fully saturated rings. The van der Waals surface area contributed by atoms with E-state index in [9.17, 15) is 9.59 Å². The number of hydrogen-bond donors (Lipinski definition) is 2. The second-order valence-electron chi connectivity index (χ2n) is 4.40. The topological polar surface area (TPSA) is 66.4 Å². The highest BCUT2D eigenvalue weighted by Crippen LogP contribution is 2.06. The summed E-state index contributed by atoms with van der Waals surface area (Å²) in [7, 11) is 0. The molecule has 1 amide bonds. The van der Waals surface area contributed by atoms with Crippen molar-refractivity contribution in [2.24, 2.45) is 0 Å². The Labute approximate surface area is 107 Å². The molecule has 0 heterocycles. The van der Waals surface area contributed by atoms with E-state index in [4.69, 9.17) is 5.11 Å². The number of carbonyl (C=O) groups excluding carboxylic acids is 1. The van der Waals surface area contributed by atoms with E-state index in [0.29, 0.717) is 19.3 Å². The molecule has 1 aromatic carbocycles. The van der Waals surface area contributed by atoms with Crippen LogP contribution in [0.1, 0.15) is 30.9 Å². The highest BCUT2D eigenvalue weighted by molar-refractivity contribution is 5.83. The van der Waals surface area contributed by atoms with Crippen LogP contribution < -0.4 is 5.32 Å². The highest BCUT2D eigenvalue weighted by atomic mass is 16.4. The van der Waals surface area contributed by atoms with Gasteiger partial charge in [0.05, 0.1) is 0 Å². The molecule has 98 valence electrons. The summed E-state index contributed by atoms with van der Waals surface area (Å²) in [6.07, 6.45) is 1.38. The molecule has 4 heteroatoms. The molecule has 0 aliphatic rings. The molecule has 0 bridgehead atoms. The van der Waals surface area contributed by atoms with Gasteiger partial charge in [-0.25, -0.2) is 4.79 Å². The Morgan fingerprint density at radius 3 is 2.39 bits per heavy atom. The van der Waals surface area contributed by atoms with Crippen LogP contribution in [0.2, 0.25) is 0 Å². The average Bonchev–Trinajstić information content (AvgIpc) is 2.31. The van der Waals surface area contributed by atoms with Crippen molar-refractivity contribution in [1.29, 1.82) is 0 Å². The van der Waals surface area contributed by atoms with Gasteiger partial charge in [-0.05, 0) is 18.9 Å². The summed E-state index contributed by atoms with van der Waals surface area (Å²) in [6, 6.07) is 6.78. The second-order valence-corrected chi connectivity index (χ2v) is 4.40. The van der Waals surface area contributed by atoms with E-state index in [0.717, 1.165) is 11.1 Å². The molecule has 1 aromatic rings. The van der Waals surface area contributed by atoms with Gasteiger partial charge in [-0.15, -0.1) is 0 Å². The zero-order valence-corrected chi connectivity index (χ0v) is 10.8. The maximum absolute atomic E-state index is 11.4. The van der Waals surface area contributed by atoms with Crippen LogP contribution in [0.25, 0.3) is 0 Å². The third-order valence-electron chi connectivity index (χ3n) is 2.67. The standard InChI is InChI=1S/C14H19NO3/c1-3-4-13(16)15-12(14(17)18)9-11-7-5-10(2)6-8-11/h5-8,12H,3-4,9H2,1-2H3,(H,15,16)(H,17,18). The smallest absolute Gasteiger partial charge is 0.326 e. The maximum Gasteiger partial charge on any atom is 0.326 e. The highest BCUT2D eigenvalue weighted by Gasteiger charge is 2.19. The molecule has 4 nitrogen and oxygen atoms in total. The van der Waals surface area contributed by atoms with Crippen LogP contribution in [0.5, 0.6) is 0 Å². The predicted octanol–water partition coefficient (Wildman–Crippen LogP) is 1.91. The van der Waals surface area contributed by atoms with Crippen LogP contribution in [0.15, 0.2) is 24.3 Å². The molecule has 2 N–H and O–H groups in total. The van der Waals surface area contributed by atoms with Crippen molar-refractivity contribution in [1.82, 2.24) is 5.32 Å². The fraction of sp³-hybridized carbons (Fsp3) is 0.429. The minimum atomic E-state index is -1.000. The van der Waals surface area contributed by atoms with E-state index in [1.807, 2.05) is 38.1 Å². The van der Waals surface area contributed by atoms with Crippen molar-refractivity contribution >= 4 is 11.9 Å². The normalized spacial score (nSPS) is 11.9. The summed E-state index contributed by atoms with van der Waals surface area (Å²) >= 11 is 0. The SMILES string of the molecule is CCCC(=O)NC(Cc1ccc(C)cc1)C(=O)O. The van der Waals surface area contributed by atoms with Gasteiger partial charge in [0.15, 0.2) is 0 Å². The van der Waals surface area contributed by atoms with Crippen molar-refractivity contribution in [2.45, 2.75) is 39.2 Å². The summed E-state index contributed by atoms with van der Waals surface area (Å²) in [5.41, 5.74) is 2.03. The molecular formula is C14H19NO3. The fourth-order valence-corrected chi connectivity index (χ4v) is 1.65. The first-order valence-electron chi connectivity index (χ1n) is 6.10. The second kappa shape index (κ2) is 6.79. The third-order valence-corrected chi connectivity index (χ3v) is 2.67. The lowest BCUT2D eigenvalue weighted by Gasteiger charge is -2.14. The largest absolute Gasteiger partial charge is 0.480 e. The Bertz CT molecular complexity index is 412. The number of rotatable bonds is 6. The first kappa shape index (κ1) is 14.2. The van der Waals surface area contributed by atoms with Crippen molar-refractivity contribution < 1.29 is 14.7 Å². The molecule has 0 aromatic heterocycles. The number of carbonyl (C=O) groups is 2. The van der Waals surface area contributed by atoms with Crippen LogP contribution in [-0.4, -0.2) is 23.0 Å². The van der Waals surface area contributed by atoms with Crippen LogP contribution in [0, 0.1) is 6.92 Å². The van der Waals surface area contributed by atoms with Crippen molar-refractivity contribution in [2.75, 3.05) is 0 Å². The summed E-state index contributed by atoms with van der Waals surface area (Å²) in [6.45, 7) is 3.86. The minimum absolute atomic E-state index is 0.211. The van der Waals surface area contributed by atoms with E-state index in [-0.39, 0.29) is 5.91 Å². The number of nitrogens with one attached hydrogen (secondary N) is 1. The molecule has 0 spiro atoms. The Morgan fingerprint density at radius 2 is 1.89 bits per heavy atom. The van der Waals surface area contributed by atoms with Crippen molar-refractivity contribution in [3.05, 3.63) is 35.4 Å². The minimum Gasteiger partial charge on any atom is -0.480 e. The lowest BCUT2D eigenvalue weighted by molar-refractivity contribution is -0.141. The van der Waals surface area contributed by atoms with Gasteiger partial charge in [-0.2, -0.15) is 0 Å². The van der Waals surface area contributed by atoms with E-state index in [1.165, 1.54) is 0 Å². The summed E-state index contributed by atoms with van der Waals surface area (Å²) < 4.78 is 0. The van der Waals surface area contributed by atoms with Gasteiger partial charge in [0, 0.05) is 12.8 Å². The van der Waals surface area contributed by atoms with Gasteiger partial charge in [0.2, 0.25) is 5.91 Å². The molecule has 0 aliphatic heterocycles. The van der Waals surface area contributed by atoms with Crippen molar-refractivity contribution in [3.8, 4) is 0 Å². The summed E-state index contributed by atoms with van der Waals surface area (Å²) in [5, 5.41) is 11.6. The number of amides is 1. The van der Waals surface area contributed by atoms with Crippen molar-refractivity contribution in [3.63, 3.8) is 0 Å². The molecule has 0 saturated heterocycles. The van der Waals surface area contributed by atoms with Crippen LogP contribution in [0.4, 0.5) is 0 Å². The van der Waals surface area contributed by atoms with Gasteiger partial charge in [0.1, 0.15) is 6.04 Å². The van der Waals surface area contributed by atoms with Gasteiger partial charge >= 0.3 is 5.97 Å². The van der Waals surface area contributed by atoms with E-state index >= 15 is 0 Å². The first-order valence-corrected chi connectivity index (χ1v) is 6.10. The quantitative estimate of drug-likeness (QED) is 0.809. The number of carboxylic acids is 1. The number of carboxylic acid groups (broad SMARTS) is 1. The number of aryl methyl sites for hydroxylation is 1. The van der Waals surface area contributed by atoms with Crippen LogP contribution >= 0.6 is 0 Å². The lowest BCUT2D eigenvalue weighted by Crippen LogP contribution is -2.42. The van der Waals surface area contributed by atoms with Crippen LogP contribution in [-0.2, 0) is 16.0 Å². The van der Waals surface area contributed by atoms with Gasteiger partial charge < -0.3 is 10.4 Å². The Balaban J connectivity index is 2.65. The van der Waals surface area contributed by atoms with Gasteiger partial charge in [-0.3, -0.25) is 4.79 Å².